The second kappa shape index (κ2) is 4.26. The molecule has 0 aromatic heterocycles. The van der Waals surface area contributed by atoms with Crippen LogP contribution in [0.25, 0.3) is 0 Å². The molecule has 68 valence electrons. The molecule has 0 aromatic carbocycles. The Labute approximate surface area is 73.3 Å². The summed E-state index contributed by atoms with van der Waals surface area (Å²) in [4.78, 5) is 4.49. The van der Waals surface area contributed by atoms with Gasteiger partial charge in [0.1, 0.15) is 0 Å². The Bertz CT molecular complexity index is 203. The lowest BCUT2D eigenvalue weighted by Crippen LogP contribution is -2.08. The molecule has 1 fully saturated rings. The van der Waals surface area contributed by atoms with Gasteiger partial charge in [-0.25, -0.2) is 0 Å². The van der Waals surface area contributed by atoms with Crippen LogP contribution in [0.4, 0.5) is 0 Å². The van der Waals surface area contributed by atoms with Crippen LogP contribution in [0.15, 0.2) is 16.8 Å². The highest BCUT2D eigenvalue weighted by Gasteiger charge is 2.14. The first kappa shape index (κ1) is 9.26. The van der Waals surface area contributed by atoms with Crippen molar-refractivity contribution in [3.8, 4) is 0 Å². The zero-order valence-corrected chi connectivity index (χ0v) is 7.71. The van der Waals surface area contributed by atoms with Crippen LogP contribution in [-0.4, -0.2) is 25.0 Å². The van der Waals surface area contributed by atoms with Gasteiger partial charge in [-0.1, -0.05) is 0 Å². The molecule has 0 spiro atoms. The lowest BCUT2D eigenvalue weighted by molar-refractivity contribution is 0.194. The third-order valence-corrected chi connectivity index (χ3v) is 2.10. The van der Waals surface area contributed by atoms with E-state index < -0.39 is 0 Å². The maximum Gasteiger partial charge on any atom is 0.0758 e. The van der Waals surface area contributed by atoms with E-state index in [0.717, 1.165) is 30.9 Å². The average molecular weight is 168 g/mol. The Kier molecular flexibility index (Phi) is 3.29. The summed E-state index contributed by atoms with van der Waals surface area (Å²) < 4.78 is 5.21. The van der Waals surface area contributed by atoms with Crippen molar-refractivity contribution < 1.29 is 4.74 Å². The second-order valence-electron chi connectivity index (χ2n) is 3.08. The summed E-state index contributed by atoms with van der Waals surface area (Å²) >= 11 is 0. The van der Waals surface area contributed by atoms with Crippen molar-refractivity contribution in [2.24, 2.45) is 10.7 Å². The Morgan fingerprint density at radius 2 is 2.33 bits per heavy atom. The number of allylic oxidation sites excluding steroid dienone is 1. The summed E-state index contributed by atoms with van der Waals surface area (Å²) in [7, 11) is 0. The van der Waals surface area contributed by atoms with Gasteiger partial charge in [-0.3, -0.25) is 4.99 Å². The minimum absolute atomic E-state index is 0.347. The molecule has 1 heterocycles. The molecule has 3 heteroatoms. The van der Waals surface area contributed by atoms with Gasteiger partial charge in [-0.05, 0) is 32.0 Å². The van der Waals surface area contributed by atoms with Gasteiger partial charge in [-0.2, -0.15) is 0 Å². The topological polar surface area (TPSA) is 47.6 Å². The third kappa shape index (κ3) is 2.34. The molecular formula is C9H16N2O. The van der Waals surface area contributed by atoms with Crippen LogP contribution in [0.1, 0.15) is 20.3 Å². The molecule has 0 radical (unpaired) electrons. The zero-order chi connectivity index (χ0) is 8.97. The van der Waals surface area contributed by atoms with Crippen molar-refractivity contribution in [1.82, 2.24) is 0 Å². The fourth-order valence-corrected chi connectivity index (χ4v) is 1.12. The molecular weight excluding hydrogens is 152 g/mol. The van der Waals surface area contributed by atoms with Gasteiger partial charge in [0.15, 0.2) is 0 Å². The van der Waals surface area contributed by atoms with E-state index in [1.54, 1.807) is 6.20 Å². The van der Waals surface area contributed by atoms with Crippen LogP contribution < -0.4 is 5.73 Å². The Morgan fingerprint density at radius 1 is 1.58 bits per heavy atom. The highest BCUT2D eigenvalue weighted by molar-refractivity contribution is 5.97. The van der Waals surface area contributed by atoms with E-state index in [4.69, 9.17) is 10.5 Å². The summed E-state index contributed by atoms with van der Waals surface area (Å²) in [6.45, 7) is 5.55. The smallest absolute Gasteiger partial charge is 0.0758 e. The minimum atomic E-state index is 0.347. The zero-order valence-electron chi connectivity index (χ0n) is 7.71. The molecule has 1 aliphatic heterocycles. The standard InChI is InChI=1S/C9H16N2O/c1-7(5-10)8(2)11-9-3-4-12-6-9/h5,9H,3-4,6,10H2,1-2H3. The molecule has 3 nitrogen and oxygen atoms in total. The number of rotatable bonds is 2. The van der Waals surface area contributed by atoms with Crippen LogP contribution >= 0.6 is 0 Å². The second-order valence-corrected chi connectivity index (χ2v) is 3.08. The van der Waals surface area contributed by atoms with Gasteiger partial charge < -0.3 is 10.5 Å². The SMILES string of the molecule is CC(=CN)C(C)=NC1CCOC1. The third-order valence-electron chi connectivity index (χ3n) is 2.10. The highest BCUT2D eigenvalue weighted by atomic mass is 16.5. The fraction of sp³-hybridized carbons (Fsp3) is 0.667. The maximum atomic E-state index is 5.37. The highest BCUT2D eigenvalue weighted by Crippen LogP contribution is 2.09. The van der Waals surface area contributed by atoms with Gasteiger partial charge in [0.25, 0.3) is 0 Å². The molecule has 0 aliphatic carbocycles. The summed E-state index contributed by atoms with van der Waals surface area (Å²) in [6, 6.07) is 0.347. The largest absolute Gasteiger partial charge is 0.404 e. The lowest BCUT2D eigenvalue weighted by Gasteiger charge is -2.04. The molecule has 0 saturated carbocycles. The number of aliphatic imine (C=N–C) groups is 1. The summed E-state index contributed by atoms with van der Waals surface area (Å²) in [5, 5.41) is 0. The molecule has 1 rings (SSSR count). The van der Waals surface area contributed by atoms with E-state index in [-0.39, 0.29) is 0 Å². The van der Waals surface area contributed by atoms with Crippen LogP contribution in [0, 0.1) is 0 Å². The van der Waals surface area contributed by atoms with Crippen molar-refractivity contribution in [2.45, 2.75) is 26.3 Å². The normalized spacial score (nSPS) is 26.3. The van der Waals surface area contributed by atoms with Crippen molar-refractivity contribution in [1.29, 1.82) is 0 Å². The number of ether oxygens (including phenoxy) is 1. The Hall–Kier alpha value is -0.830. The van der Waals surface area contributed by atoms with E-state index in [2.05, 4.69) is 4.99 Å². The molecule has 0 bridgehead atoms. The van der Waals surface area contributed by atoms with E-state index in [9.17, 15) is 0 Å². The van der Waals surface area contributed by atoms with Crippen LogP contribution in [0.2, 0.25) is 0 Å². The van der Waals surface area contributed by atoms with Gasteiger partial charge >= 0.3 is 0 Å². The van der Waals surface area contributed by atoms with Gasteiger partial charge in [-0.15, -0.1) is 0 Å². The van der Waals surface area contributed by atoms with Crippen LogP contribution in [-0.2, 0) is 4.74 Å². The summed E-state index contributed by atoms with van der Waals surface area (Å²) in [5.74, 6) is 0. The average Bonchev–Trinajstić information content (AvgIpc) is 2.55. The predicted molar refractivity (Wildman–Crippen MR) is 50.3 cm³/mol. The molecule has 1 atom stereocenters. The van der Waals surface area contributed by atoms with E-state index >= 15 is 0 Å². The van der Waals surface area contributed by atoms with Crippen molar-refractivity contribution in [3.05, 3.63) is 11.8 Å². The monoisotopic (exact) mass is 168 g/mol. The molecule has 0 aromatic rings. The van der Waals surface area contributed by atoms with Gasteiger partial charge in [0.05, 0.1) is 12.6 Å². The maximum absolute atomic E-state index is 5.37. The Morgan fingerprint density at radius 3 is 2.83 bits per heavy atom. The first-order valence-corrected chi connectivity index (χ1v) is 4.25. The minimum Gasteiger partial charge on any atom is -0.404 e. The van der Waals surface area contributed by atoms with Crippen molar-refractivity contribution in [2.75, 3.05) is 13.2 Å². The lowest BCUT2D eigenvalue weighted by atomic mass is 10.2. The summed E-state index contributed by atoms with van der Waals surface area (Å²) in [5.41, 5.74) is 7.44. The van der Waals surface area contributed by atoms with E-state index in [0.29, 0.717) is 6.04 Å². The molecule has 0 amide bonds. The Balaban J connectivity index is 2.54. The summed E-state index contributed by atoms with van der Waals surface area (Å²) in [6.07, 6.45) is 2.63. The first-order chi connectivity index (χ1) is 5.74. The van der Waals surface area contributed by atoms with E-state index in [1.165, 1.54) is 0 Å². The first-order valence-electron chi connectivity index (χ1n) is 4.25. The fourth-order valence-electron chi connectivity index (χ4n) is 1.12. The van der Waals surface area contributed by atoms with Crippen LogP contribution in [0.3, 0.4) is 0 Å². The number of nitrogens with zero attached hydrogens (tertiary/aromatic N) is 1. The molecule has 1 saturated heterocycles. The number of nitrogens with two attached hydrogens (primary N) is 1. The van der Waals surface area contributed by atoms with Crippen molar-refractivity contribution in [3.63, 3.8) is 0 Å². The molecule has 1 unspecified atom stereocenters. The molecule has 2 N–H and O–H groups in total. The van der Waals surface area contributed by atoms with Gasteiger partial charge in [0.2, 0.25) is 0 Å². The van der Waals surface area contributed by atoms with Crippen LogP contribution in [0.5, 0.6) is 0 Å². The molecule has 1 aliphatic rings. The number of hydrogen-bond donors (Lipinski definition) is 1. The quantitative estimate of drug-likeness (QED) is 0.627. The predicted octanol–water partition coefficient (Wildman–Crippen LogP) is 1.10. The van der Waals surface area contributed by atoms with Crippen molar-refractivity contribution >= 4 is 5.71 Å². The number of hydrogen-bond acceptors (Lipinski definition) is 3. The van der Waals surface area contributed by atoms with E-state index in [1.807, 2.05) is 13.8 Å². The van der Waals surface area contributed by atoms with Gasteiger partial charge in [0, 0.05) is 12.3 Å². The molecule has 12 heavy (non-hydrogen) atoms.